The Labute approximate surface area is 896 Å². The first-order valence-corrected chi connectivity index (χ1v) is 58.8. The standard InChI is InChI=1S/C55H75Cl2N5O12S2.C55H77N5O12S2/c1-61(2)51-36-40-12-14-42(56)38-49(40)53(51)73-45-16-20-47(21-17-45)75(65,66)35-9-28-70-32-33-71-29-25-59-55(64)58-24-7-5-6-10-44(63)11-8-27-69-31-34-72-30-26-60-76(67,68)48-22-18-46(19-23-48)74-54-50-39-43(57)15-13-41(50)37-52(54)62(3)4;1-59(2)51-40-42-14-7-9-18-49(42)53(51)71-45-20-24-47(25-21-45)73(63,64)39-13-32-68-36-37-69-33-29-57-55(62)56-28-11-5-6-16-44(61)17-12-31-67-35-38-70-34-30-58-74(65,66)48-26-22-46(23-27-48)72-54-50-19-10-8-15-43(50)41-52(54)60(3)4/h12-23,38-39,51-54,60H,5-11,24-37H2,1-4H3,(H2,58,59,64);7-10,14-15,18-27,51-54,58H,5-6,11-13,16-17,28-41H2,1-4H3,(H2,56,57,62)/t2*51-,52-,53-,54-/m00/s1. The topological polar surface area (TPSA) is 401 Å². The van der Waals surface area contributed by atoms with Gasteiger partial charge in [0.2, 0.25) is 20.0 Å². The lowest BCUT2D eigenvalue weighted by atomic mass is 10.1. The summed E-state index contributed by atoms with van der Waals surface area (Å²) < 4.78 is 178. The summed E-state index contributed by atoms with van der Waals surface area (Å²) in [5.74, 6) is 2.64. The first-order chi connectivity index (χ1) is 72.2. The Morgan fingerprint density at radius 2 is 0.547 bits per heavy atom. The highest BCUT2D eigenvalue weighted by atomic mass is 35.5. The smallest absolute Gasteiger partial charge is 0.314 e. The molecule has 0 unspecified atom stereocenters. The summed E-state index contributed by atoms with van der Waals surface area (Å²) in [6.07, 6.45) is 11.0. The Hall–Kier alpha value is -9.34. The van der Waals surface area contributed by atoms with Gasteiger partial charge >= 0.3 is 12.1 Å². The highest BCUT2D eigenvalue weighted by Gasteiger charge is 2.41. The molecule has 0 bridgehead atoms. The van der Waals surface area contributed by atoms with Crippen molar-refractivity contribution in [3.05, 3.63) is 237 Å². The number of ether oxygens (including phenoxy) is 12. The van der Waals surface area contributed by atoms with Crippen LogP contribution in [0.4, 0.5) is 9.59 Å². The number of ketones is 2. The number of fused-ring (bicyclic) bond motifs is 4. The molecule has 0 radical (unpaired) electrons. The van der Waals surface area contributed by atoms with Gasteiger partial charge in [0.25, 0.3) is 0 Å². The Bertz CT molecular complexity index is 5610. The maximum absolute atomic E-state index is 13.0. The van der Waals surface area contributed by atoms with Gasteiger partial charge in [-0.15, -0.1) is 0 Å². The summed E-state index contributed by atoms with van der Waals surface area (Å²) in [6.45, 7) is 6.73. The lowest BCUT2D eigenvalue weighted by Gasteiger charge is -2.27. The van der Waals surface area contributed by atoms with Crippen LogP contribution in [0, 0.1) is 0 Å². The molecule has 4 aliphatic rings. The molecule has 12 rings (SSSR count). The second kappa shape index (κ2) is 62.9. The molecule has 8 aromatic rings. The van der Waals surface area contributed by atoms with Gasteiger partial charge in [-0.1, -0.05) is 96.7 Å². The van der Waals surface area contributed by atoms with E-state index in [9.17, 15) is 52.8 Å². The van der Waals surface area contributed by atoms with Crippen molar-refractivity contribution in [2.24, 2.45) is 0 Å². The van der Waals surface area contributed by atoms with Gasteiger partial charge in [0, 0.05) is 101 Å². The van der Waals surface area contributed by atoms with Crippen LogP contribution >= 0.6 is 23.2 Å². The van der Waals surface area contributed by atoms with Crippen LogP contribution in [0.15, 0.2) is 202 Å². The zero-order valence-corrected chi connectivity index (χ0v) is 92.4. The third-order valence-electron chi connectivity index (χ3n) is 26.4. The van der Waals surface area contributed by atoms with E-state index in [0.29, 0.717) is 190 Å². The predicted molar refractivity (Wildman–Crippen MR) is 578 cm³/mol. The number of carbonyl (C=O) groups is 4. The molecule has 824 valence electrons. The number of sulfone groups is 2. The fourth-order valence-corrected chi connectivity index (χ4v) is 23.1. The van der Waals surface area contributed by atoms with E-state index in [1.54, 1.807) is 84.9 Å². The van der Waals surface area contributed by atoms with E-state index in [0.717, 1.165) is 86.5 Å². The van der Waals surface area contributed by atoms with Gasteiger partial charge in [0.05, 0.1) is 135 Å². The molecule has 0 aromatic heterocycles. The molecule has 150 heavy (non-hydrogen) atoms. The molecule has 0 saturated heterocycles. The number of hydrogen-bond acceptors (Lipinski definition) is 28. The summed E-state index contributed by atoms with van der Waals surface area (Å²) in [6, 6.07) is 54.3. The molecule has 4 amide bonds. The van der Waals surface area contributed by atoms with Crippen LogP contribution in [0.2, 0.25) is 10.0 Å². The highest BCUT2D eigenvalue weighted by molar-refractivity contribution is 7.91. The second-order valence-corrected chi connectivity index (χ2v) is 47.0. The molecule has 8 atom stereocenters. The summed E-state index contributed by atoms with van der Waals surface area (Å²) >= 11 is 12.6. The minimum atomic E-state index is -3.75. The van der Waals surface area contributed by atoms with Crippen molar-refractivity contribution in [2.75, 3.05) is 213 Å². The molecular formula is C110H152Cl2N10O24S4. The SMILES string of the molecule is CN(C)[C@H]1Cc2ccc(Cl)cc2[C@@H]1Oc1ccc(S(=O)(=O)CCCOCCOCCNC(=O)NCCCCCC(=O)CCCOCCOCCNS(=O)(=O)c2ccc(O[C@H]3c4cc(Cl)ccc4C[C@@H]3N(C)C)cc2)cc1.CN(C)[C@H]1Cc2ccccc2[C@@H]1Oc1ccc(S(=O)(=O)CCCOCCOCCNC(=O)NCCCCCC(=O)CCCOCCOCCNS(=O)(=O)c2ccc(O[C@H]3c4ccccc4C[C@@H]3N(C)C)cc2)cc1. The third-order valence-corrected chi connectivity index (χ3v) is 33.4. The Kier molecular flexibility index (Phi) is 50.7. The van der Waals surface area contributed by atoms with E-state index in [1.807, 2.05) is 117 Å². The van der Waals surface area contributed by atoms with Crippen LogP contribution in [0.1, 0.15) is 159 Å². The summed E-state index contributed by atoms with van der Waals surface area (Å²) in [5, 5.41) is 12.4. The highest BCUT2D eigenvalue weighted by Crippen LogP contribution is 2.43. The molecule has 4 aliphatic carbocycles. The van der Waals surface area contributed by atoms with E-state index < -0.39 is 39.7 Å². The molecule has 8 aromatic carbocycles. The number of amides is 4. The van der Waals surface area contributed by atoms with E-state index in [1.165, 1.54) is 34.4 Å². The monoisotopic (exact) mass is 2190 g/mol. The molecule has 0 spiro atoms. The van der Waals surface area contributed by atoms with Gasteiger partial charge in [0.1, 0.15) is 59.0 Å². The van der Waals surface area contributed by atoms with E-state index >= 15 is 0 Å². The van der Waals surface area contributed by atoms with Gasteiger partial charge in [-0.2, -0.15) is 0 Å². The number of rotatable bonds is 70. The van der Waals surface area contributed by atoms with Gasteiger partial charge in [-0.05, 0) is 299 Å². The van der Waals surface area contributed by atoms with E-state index in [-0.39, 0.29) is 143 Å². The van der Waals surface area contributed by atoms with Crippen molar-refractivity contribution in [2.45, 2.75) is 184 Å². The van der Waals surface area contributed by atoms with Gasteiger partial charge in [-0.25, -0.2) is 52.7 Å². The predicted octanol–water partition coefficient (Wildman–Crippen LogP) is 13.9. The van der Waals surface area contributed by atoms with Crippen molar-refractivity contribution in [3.8, 4) is 23.0 Å². The number of hydrogen-bond donors (Lipinski definition) is 6. The van der Waals surface area contributed by atoms with Crippen LogP contribution in [0.5, 0.6) is 23.0 Å². The van der Waals surface area contributed by atoms with Crippen molar-refractivity contribution >= 4 is 86.6 Å². The van der Waals surface area contributed by atoms with Crippen molar-refractivity contribution < 1.29 is 110 Å². The number of benzene rings is 8. The molecule has 6 N–H and O–H groups in total. The third kappa shape index (κ3) is 39.9. The van der Waals surface area contributed by atoms with Crippen LogP contribution in [-0.2, 0) is 113 Å². The fourth-order valence-electron chi connectivity index (χ4n) is 18.1. The first-order valence-electron chi connectivity index (χ1n) is 51.8. The van der Waals surface area contributed by atoms with Gasteiger partial charge in [-0.3, -0.25) is 9.59 Å². The molecule has 40 heteroatoms. The lowest BCUT2D eigenvalue weighted by Crippen LogP contribution is -2.37. The number of sulfonamides is 2. The normalized spacial score (nSPS) is 17.3. The lowest BCUT2D eigenvalue weighted by molar-refractivity contribution is -0.120. The zero-order valence-electron chi connectivity index (χ0n) is 87.6. The minimum absolute atomic E-state index is 0.0367. The second-order valence-electron chi connectivity index (χ2n) is 38.4. The first kappa shape index (κ1) is 121. The number of carbonyl (C=O) groups excluding carboxylic acids is 4. The quantitative estimate of drug-likeness (QED) is 0.0193. The maximum Gasteiger partial charge on any atom is 0.314 e. The average Bonchev–Trinajstić information content (AvgIpc) is 1.65. The Morgan fingerprint density at radius 1 is 0.280 bits per heavy atom. The fraction of sp³-hybridized carbons (Fsp3) is 0.527. The number of urea groups is 2. The van der Waals surface area contributed by atoms with Gasteiger partial charge in [0.15, 0.2) is 19.7 Å². The van der Waals surface area contributed by atoms with Crippen molar-refractivity contribution in [1.29, 1.82) is 0 Å². The molecule has 34 nitrogen and oxygen atoms in total. The zero-order chi connectivity index (χ0) is 107. The van der Waals surface area contributed by atoms with Crippen LogP contribution in [0.3, 0.4) is 0 Å². The number of nitrogens with zero attached hydrogens (tertiary/aromatic N) is 4. The summed E-state index contributed by atoms with van der Waals surface area (Å²) in [4.78, 5) is 58.2. The average molecular weight is 2200 g/mol. The molecular weight excluding hydrogens is 2040 g/mol. The summed E-state index contributed by atoms with van der Waals surface area (Å²) in [7, 11) is 1.75. The summed E-state index contributed by atoms with van der Waals surface area (Å²) in [5.41, 5.74) is 9.30. The Balaban J connectivity index is 0.000000285. The number of unbranched alkanes of at least 4 members (excludes halogenated alkanes) is 4. The maximum atomic E-state index is 13.0. The number of likely N-dealkylation sites (N-methyl/N-ethyl adjacent to an activating group) is 4. The molecule has 0 fully saturated rings. The van der Waals surface area contributed by atoms with E-state index in [2.05, 4.69) is 74.6 Å². The minimum Gasteiger partial charge on any atom is -0.484 e. The van der Waals surface area contributed by atoms with Crippen molar-refractivity contribution in [3.63, 3.8) is 0 Å². The van der Waals surface area contributed by atoms with Gasteiger partial charge < -0.3 is 97.7 Å². The number of nitrogens with one attached hydrogen (secondary N) is 6. The largest absolute Gasteiger partial charge is 0.484 e. The van der Waals surface area contributed by atoms with Crippen LogP contribution in [-0.4, -0.2) is 314 Å². The van der Waals surface area contributed by atoms with Crippen LogP contribution in [0.25, 0.3) is 0 Å². The van der Waals surface area contributed by atoms with Crippen LogP contribution < -0.4 is 49.7 Å². The number of Topliss-reactive ketones (excluding diaryl/α,β-unsaturated/α-hetero) is 2. The molecule has 0 saturated carbocycles. The Morgan fingerprint density at radius 3 is 0.867 bits per heavy atom. The van der Waals surface area contributed by atoms with Crippen molar-refractivity contribution in [1.82, 2.24) is 50.3 Å². The number of halogens is 2. The molecule has 0 heterocycles. The molecule has 0 aliphatic heterocycles. The van der Waals surface area contributed by atoms with E-state index in [4.69, 9.17) is 80.0 Å².